The summed E-state index contributed by atoms with van der Waals surface area (Å²) in [6.45, 7) is 3.54. The Kier molecular flexibility index (Phi) is 3.01. The number of ether oxygens (including phenoxy) is 1. The van der Waals surface area contributed by atoms with Gasteiger partial charge in [0.05, 0.1) is 6.61 Å². The molecule has 0 N–H and O–H groups in total. The Morgan fingerprint density at radius 2 is 2.00 bits per heavy atom. The van der Waals surface area contributed by atoms with Crippen molar-refractivity contribution in [1.29, 1.82) is 0 Å². The van der Waals surface area contributed by atoms with Gasteiger partial charge in [-0.15, -0.1) is 0 Å². The van der Waals surface area contributed by atoms with Crippen LogP contribution in [-0.2, 0) is 14.3 Å². The third kappa shape index (κ3) is 1.86. The van der Waals surface area contributed by atoms with Gasteiger partial charge in [0, 0.05) is 5.92 Å². The van der Waals surface area contributed by atoms with Crippen LogP contribution < -0.4 is 0 Å². The smallest absolute Gasteiger partial charge is 0.320 e. The maximum absolute atomic E-state index is 11.9. The van der Waals surface area contributed by atoms with Crippen molar-refractivity contribution in [3.8, 4) is 0 Å². The SMILES string of the molecule is CCOC(=O)C1(C(C)=O)CC1c1ccccc1. The van der Waals surface area contributed by atoms with Gasteiger partial charge in [0.1, 0.15) is 11.2 Å². The summed E-state index contributed by atoms with van der Waals surface area (Å²) in [6.07, 6.45) is 0.575. The van der Waals surface area contributed by atoms with E-state index in [0.717, 1.165) is 5.56 Å². The van der Waals surface area contributed by atoms with Gasteiger partial charge in [-0.1, -0.05) is 30.3 Å². The fourth-order valence-corrected chi connectivity index (χ4v) is 2.37. The monoisotopic (exact) mass is 232 g/mol. The molecule has 1 aliphatic rings. The summed E-state index contributed by atoms with van der Waals surface area (Å²) in [7, 11) is 0. The van der Waals surface area contributed by atoms with E-state index in [1.54, 1.807) is 6.92 Å². The zero-order chi connectivity index (χ0) is 12.5. The normalized spacial score (nSPS) is 26.4. The van der Waals surface area contributed by atoms with E-state index in [-0.39, 0.29) is 17.7 Å². The second-order valence-corrected chi connectivity index (χ2v) is 4.42. The first-order chi connectivity index (χ1) is 8.13. The third-order valence-corrected chi connectivity index (χ3v) is 3.43. The molecule has 0 radical (unpaired) electrons. The van der Waals surface area contributed by atoms with E-state index in [0.29, 0.717) is 13.0 Å². The Labute approximate surface area is 101 Å². The highest BCUT2D eigenvalue weighted by atomic mass is 16.5. The molecule has 0 saturated heterocycles. The van der Waals surface area contributed by atoms with E-state index < -0.39 is 5.41 Å². The molecule has 1 fully saturated rings. The number of benzene rings is 1. The van der Waals surface area contributed by atoms with Crippen LogP contribution in [0, 0.1) is 5.41 Å². The Hall–Kier alpha value is -1.64. The highest BCUT2D eigenvalue weighted by Crippen LogP contribution is 2.60. The standard InChI is InChI=1S/C14H16O3/c1-3-17-13(16)14(10(2)15)9-12(14)11-7-5-4-6-8-11/h4-8,12H,3,9H2,1-2H3. The Morgan fingerprint density at radius 1 is 1.35 bits per heavy atom. The van der Waals surface area contributed by atoms with Crippen LogP contribution in [0.2, 0.25) is 0 Å². The Morgan fingerprint density at radius 3 is 2.53 bits per heavy atom. The summed E-state index contributed by atoms with van der Waals surface area (Å²) in [5.41, 5.74) is 0.118. The van der Waals surface area contributed by atoms with E-state index >= 15 is 0 Å². The summed E-state index contributed by atoms with van der Waals surface area (Å²) in [4.78, 5) is 23.6. The van der Waals surface area contributed by atoms with Gasteiger partial charge < -0.3 is 4.74 Å². The maximum Gasteiger partial charge on any atom is 0.320 e. The van der Waals surface area contributed by atoms with Crippen LogP contribution in [0.5, 0.6) is 0 Å². The van der Waals surface area contributed by atoms with Crippen molar-refractivity contribution in [3.05, 3.63) is 35.9 Å². The van der Waals surface area contributed by atoms with Crippen LogP contribution in [0.15, 0.2) is 30.3 Å². The fourth-order valence-electron chi connectivity index (χ4n) is 2.37. The van der Waals surface area contributed by atoms with Crippen molar-refractivity contribution in [1.82, 2.24) is 0 Å². The maximum atomic E-state index is 11.9. The molecule has 1 saturated carbocycles. The number of Topliss-reactive ketones (excluding diaryl/α,β-unsaturated/α-hetero) is 1. The largest absolute Gasteiger partial charge is 0.465 e. The molecule has 0 aliphatic heterocycles. The number of carbonyl (C=O) groups excluding carboxylic acids is 2. The van der Waals surface area contributed by atoms with Gasteiger partial charge in [0.2, 0.25) is 0 Å². The highest BCUT2D eigenvalue weighted by molar-refractivity contribution is 6.07. The van der Waals surface area contributed by atoms with Gasteiger partial charge in [0.15, 0.2) is 0 Å². The molecule has 0 aromatic heterocycles. The lowest BCUT2D eigenvalue weighted by Gasteiger charge is -2.12. The van der Waals surface area contributed by atoms with Crippen molar-refractivity contribution in [3.63, 3.8) is 0 Å². The lowest BCUT2D eigenvalue weighted by Crippen LogP contribution is -2.27. The molecule has 2 unspecified atom stereocenters. The third-order valence-electron chi connectivity index (χ3n) is 3.43. The molecule has 3 nitrogen and oxygen atoms in total. The van der Waals surface area contributed by atoms with Crippen LogP contribution in [0.1, 0.15) is 31.7 Å². The van der Waals surface area contributed by atoms with Gasteiger partial charge in [-0.2, -0.15) is 0 Å². The van der Waals surface area contributed by atoms with Crippen LogP contribution in [0.3, 0.4) is 0 Å². The van der Waals surface area contributed by atoms with Crippen LogP contribution >= 0.6 is 0 Å². The van der Waals surface area contributed by atoms with Crippen LogP contribution in [0.4, 0.5) is 0 Å². The summed E-state index contributed by atoms with van der Waals surface area (Å²) < 4.78 is 5.02. The second kappa shape index (κ2) is 4.32. The molecular formula is C14H16O3. The van der Waals surface area contributed by atoms with Crippen LogP contribution in [-0.4, -0.2) is 18.4 Å². The molecule has 17 heavy (non-hydrogen) atoms. The topological polar surface area (TPSA) is 43.4 Å². The van der Waals surface area contributed by atoms with Gasteiger partial charge in [0.25, 0.3) is 0 Å². The lowest BCUT2D eigenvalue weighted by molar-refractivity contribution is -0.153. The molecule has 1 aromatic rings. The second-order valence-electron chi connectivity index (χ2n) is 4.42. The summed E-state index contributed by atoms with van der Waals surface area (Å²) in [5, 5.41) is 0. The number of ketones is 1. The molecule has 1 aliphatic carbocycles. The van der Waals surface area contributed by atoms with Gasteiger partial charge in [-0.3, -0.25) is 9.59 Å². The first kappa shape index (κ1) is 11.8. The number of rotatable bonds is 4. The minimum Gasteiger partial charge on any atom is -0.465 e. The van der Waals surface area contributed by atoms with Gasteiger partial charge >= 0.3 is 5.97 Å². The van der Waals surface area contributed by atoms with Crippen molar-refractivity contribution < 1.29 is 14.3 Å². The zero-order valence-corrected chi connectivity index (χ0v) is 10.1. The predicted octanol–water partition coefficient (Wildman–Crippen LogP) is 2.31. The van der Waals surface area contributed by atoms with Crippen LogP contribution in [0.25, 0.3) is 0 Å². The molecule has 0 amide bonds. The Bertz CT molecular complexity index is 438. The molecule has 2 atom stereocenters. The first-order valence-electron chi connectivity index (χ1n) is 5.86. The van der Waals surface area contributed by atoms with E-state index in [1.807, 2.05) is 30.3 Å². The zero-order valence-electron chi connectivity index (χ0n) is 10.1. The number of carbonyl (C=O) groups is 2. The number of esters is 1. The molecule has 0 spiro atoms. The first-order valence-corrected chi connectivity index (χ1v) is 5.86. The lowest BCUT2D eigenvalue weighted by atomic mass is 9.95. The molecular weight excluding hydrogens is 216 g/mol. The molecule has 90 valence electrons. The van der Waals surface area contributed by atoms with Crippen molar-refractivity contribution in [2.45, 2.75) is 26.2 Å². The van der Waals surface area contributed by atoms with Crippen molar-refractivity contribution >= 4 is 11.8 Å². The number of hydrogen-bond donors (Lipinski definition) is 0. The summed E-state index contributed by atoms with van der Waals surface area (Å²) in [6, 6.07) is 9.67. The average molecular weight is 232 g/mol. The highest BCUT2D eigenvalue weighted by Gasteiger charge is 2.65. The average Bonchev–Trinajstić information content (AvgIpc) is 3.07. The summed E-state index contributed by atoms with van der Waals surface area (Å²) >= 11 is 0. The van der Waals surface area contributed by atoms with Crippen molar-refractivity contribution in [2.75, 3.05) is 6.61 Å². The quantitative estimate of drug-likeness (QED) is 0.591. The fraction of sp³-hybridized carbons (Fsp3) is 0.429. The molecule has 1 aromatic carbocycles. The molecule has 2 rings (SSSR count). The summed E-state index contributed by atoms with van der Waals surface area (Å²) in [5.74, 6) is -0.480. The predicted molar refractivity (Wildman–Crippen MR) is 63.5 cm³/mol. The van der Waals surface area contributed by atoms with E-state index in [1.165, 1.54) is 6.92 Å². The molecule has 0 bridgehead atoms. The molecule has 3 heteroatoms. The minimum absolute atomic E-state index is 0.0137. The van der Waals surface area contributed by atoms with Crippen molar-refractivity contribution in [2.24, 2.45) is 5.41 Å². The van der Waals surface area contributed by atoms with E-state index in [4.69, 9.17) is 4.74 Å². The Balaban J connectivity index is 2.25. The van der Waals surface area contributed by atoms with E-state index in [9.17, 15) is 9.59 Å². The molecule has 0 heterocycles. The van der Waals surface area contributed by atoms with E-state index in [2.05, 4.69) is 0 Å². The van der Waals surface area contributed by atoms with Gasteiger partial charge in [-0.25, -0.2) is 0 Å². The minimum atomic E-state index is -0.919. The van der Waals surface area contributed by atoms with Gasteiger partial charge in [-0.05, 0) is 25.8 Å². The number of hydrogen-bond acceptors (Lipinski definition) is 3.